The van der Waals surface area contributed by atoms with Gasteiger partial charge in [0.1, 0.15) is 29.6 Å². The molecule has 1 aliphatic heterocycles. The van der Waals surface area contributed by atoms with E-state index in [0.717, 1.165) is 17.7 Å². The third-order valence-corrected chi connectivity index (χ3v) is 9.79. The van der Waals surface area contributed by atoms with Gasteiger partial charge in [-0.2, -0.15) is 32.3 Å². The standard InChI is InChI=1S/C41H29F7N6O2/c1-2-27-17-33-37(41(46,47)48)53-54(38(33)40(27,44)45)21-35(55)52-34(15-24-13-28(42)18-29(43)14-24)36-31(25-8-9-26-20-50-39(56)32(26)16-25)12-11-30(51-36)10-7-22-3-5-23(19-49)6-4-22/h3-6,8-9,11-14,16,18,27,34H,2,15,17,20-21H2,1H3,(H,50,56)(H,52,55)/t27-,34+/m1/s1. The summed E-state index contributed by atoms with van der Waals surface area (Å²) >= 11 is 0. The smallest absolute Gasteiger partial charge is 0.348 e. The van der Waals surface area contributed by atoms with Gasteiger partial charge in [-0.1, -0.05) is 25.0 Å². The van der Waals surface area contributed by atoms with Crippen molar-refractivity contribution in [3.8, 4) is 29.0 Å². The summed E-state index contributed by atoms with van der Waals surface area (Å²) in [5.74, 6) is -2.52. The lowest BCUT2D eigenvalue weighted by Crippen LogP contribution is -2.35. The fourth-order valence-electron chi connectivity index (χ4n) is 7.13. The number of nitrogens with zero attached hydrogens (tertiary/aromatic N) is 4. The van der Waals surface area contributed by atoms with E-state index in [0.29, 0.717) is 45.1 Å². The van der Waals surface area contributed by atoms with Crippen LogP contribution in [0, 0.1) is 40.7 Å². The molecule has 0 spiro atoms. The first-order valence-corrected chi connectivity index (χ1v) is 17.4. The van der Waals surface area contributed by atoms with Gasteiger partial charge in [0.25, 0.3) is 11.8 Å². The molecule has 3 aromatic carbocycles. The van der Waals surface area contributed by atoms with E-state index in [1.165, 1.54) is 6.92 Å². The maximum Gasteiger partial charge on any atom is 0.435 e. The Kier molecular flexibility index (Phi) is 9.88. The molecule has 1 aliphatic carbocycles. The van der Waals surface area contributed by atoms with E-state index in [1.807, 2.05) is 6.07 Å². The number of carbonyl (C=O) groups excluding carboxylic acids is 2. The number of hydrogen-bond donors (Lipinski definition) is 2. The lowest BCUT2D eigenvalue weighted by molar-refractivity contribution is -0.142. The third kappa shape index (κ3) is 7.45. The topological polar surface area (TPSA) is 113 Å². The molecule has 0 saturated heterocycles. The van der Waals surface area contributed by atoms with Gasteiger partial charge in [-0.05, 0) is 96.5 Å². The quantitative estimate of drug-likeness (QED) is 0.125. The summed E-state index contributed by atoms with van der Waals surface area (Å²) in [6.07, 6.45) is -6.09. The second-order valence-corrected chi connectivity index (χ2v) is 13.5. The highest BCUT2D eigenvalue weighted by Crippen LogP contribution is 2.50. The number of fused-ring (bicyclic) bond motifs is 2. The third-order valence-electron chi connectivity index (χ3n) is 9.79. The number of pyridine rings is 1. The highest BCUT2D eigenvalue weighted by Gasteiger charge is 2.55. The molecule has 284 valence electrons. The van der Waals surface area contributed by atoms with E-state index in [9.17, 15) is 31.5 Å². The van der Waals surface area contributed by atoms with Crippen molar-refractivity contribution in [1.29, 1.82) is 5.26 Å². The van der Waals surface area contributed by atoms with Crippen molar-refractivity contribution in [3.05, 3.63) is 141 Å². The molecule has 2 N–H and O–H groups in total. The molecular formula is C41H29F7N6O2. The molecule has 2 aliphatic rings. The van der Waals surface area contributed by atoms with Crippen LogP contribution in [-0.2, 0) is 42.8 Å². The number of carbonyl (C=O) groups is 2. The van der Waals surface area contributed by atoms with Crippen molar-refractivity contribution >= 4 is 11.8 Å². The first-order valence-electron chi connectivity index (χ1n) is 17.4. The highest BCUT2D eigenvalue weighted by molar-refractivity contribution is 5.99. The average Bonchev–Trinajstić information content (AvgIpc) is 3.80. The van der Waals surface area contributed by atoms with Gasteiger partial charge < -0.3 is 10.6 Å². The summed E-state index contributed by atoms with van der Waals surface area (Å²) in [5, 5.41) is 18.0. The van der Waals surface area contributed by atoms with E-state index in [2.05, 4.69) is 27.6 Å². The molecule has 56 heavy (non-hydrogen) atoms. The molecule has 0 bridgehead atoms. The summed E-state index contributed by atoms with van der Waals surface area (Å²) in [4.78, 5) is 31.2. The van der Waals surface area contributed by atoms with E-state index in [4.69, 9.17) is 10.2 Å². The van der Waals surface area contributed by atoms with Gasteiger partial charge in [0, 0.05) is 40.8 Å². The number of benzene rings is 3. The van der Waals surface area contributed by atoms with Crippen LogP contribution in [0.4, 0.5) is 30.7 Å². The average molecular weight is 771 g/mol. The van der Waals surface area contributed by atoms with Crippen LogP contribution >= 0.6 is 0 Å². The lowest BCUT2D eigenvalue weighted by Gasteiger charge is -2.23. The minimum atomic E-state index is -5.07. The Balaban J connectivity index is 1.33. The molecule has 5 aromatic rings. The maximum absolute atomic E-state index is 15.5. The second-order valence-electron chi connectivity index (χ2n) is 13.5. The lowest BCUT2D eigenvalue weighted by atomic mass is 9.93. The molecule has 0 fully saturated rings. The van der Waals surface area contributed by atoms with Crippen LogP contribution in [0.3, 0.4) is 0 Å². The summed E-state index contributed by atoms with van der Waals surface area (Å²) in [5.41, 5.74) is 0.0223. The van der Waals surface area contributed by atoms with E-state index < -0.39 is 71.5 Å². The molecule has 8 nitrogen and oxygen atoms in total. The number of aromatic nitrogens is 3. The van der Waals surface area contributed by atoms with Crippen molar-refractivity contribution in [2.24, 2.45) is 5.92 Å². The van der Waals surface area contributed by atoms with Gasteiger partial charge in [-0.15, -0.1) is 0 Å². The number of alkyl halides is 5. The van der Waals surface area contributed by atoms with E-state index in [1.54, 1.807) is 54.6 Å². The first kappa shape index (κ1) is 37.8. The molecule has 0 radical (unpaired) electrons. The molecule has 7 rings (SSSR count). The van der Waals surface area contributed by atoms with Crippen LogP contribution in [0.5, 0.6) is 0 Å². The van der Waals surface area contributed by atoms with Crippen LogP contribution in [0.1, 0.15) is 80.3 Å². The van der Waals surface area contributed by atoms with Gasteiger partial charge >= 0.3 is 6.18 Å². The Morgan fingerprint density at radius 3 is 2.39 bits per heavy atom. The Morgan fingerprint density at radius 2 is 1.71 bits per heavy atom. The van der Waals surface area contributed by atoms with Gasteiger partial charge in [0.15, 0.2) is 5.69 Å². The predicted molar refractivity (Wildman–Crippen MR) is 188 cm³/mol. The second kappa shape index (κ2) is 14.6. The largest absolute Gasteiger partial charge is 0.435 e. The number of nitriles is 1. The molecule has 15 heteroatoms. The summed E-state index contributed by atoms with van der Waals surface area (Å²) in [6, 6.07) is 18.1. The SMILES string of the molecule is CC[C@@H]1Cc2c(C(F)(F)F)nn(CC(=O)N[C@@H](Cc3cc(F)cc(F)c3)c3nc(C#Cc4ccc(C#N)cc4)ccc3-c3ccc4c(c3)C(=O)NC4)c2C1(F)F. The zero-order valence-electron chi connectivity index (χ0n) is 29.4. The molecule has 2 atom stereocenters. The van der Waals surface area contributed by atoms with Crippen molar-refractivity contribution < 1.29 is 40.3 Å². The number of hydrogen-bond acceptors (Lipinski definition) is 5. The minimum Gasteiger partial charge on any atom is -0.348 e. The zero-order valence-corrected chi connectivity index (χ0v) is 29.4. The first-order chi connectivity index (χ1) is 26.6. The number of rotatable bonds is 8. The van der Waals surface area contributed by atoms with Crippen LogP contribution in [0.15, 0.2) is 72.8 Å². The Bertz CT molecular complexity index is 2470. The van der Waals surface area contributed by atoms with Crippen molar-refractivity contribution in [3.63, 3.8) is 0 Å². The predicted octanol–water partition coefficient (Wildman–Crippen LogP) is 7.53. The summed E-state index contributed by atoms with van der Waals surface area (Å²) in [6.45, 7) is 0.687. The molecule has 2 amide bonds. The molecule has 2 aromatic heterocycles. The fourth-order valence-corrected chi connectivity index (χ4v) is 7.13. The highest BCUT2D eigenvalue weighted by atomic mass is 19.4. The van der Waals surface area contributed by atoms with Crippen molar-refractivity contribution in [2.45, 2.75) is 57.4 Å². The normalized spacial score (nSPS) is 15.9. The minimum absolute atomic E-state index is 0.0552. The van der Waals surface area contributed by atoms with Crippen LogP contribution in [0.25, 0.3) is 11.1 Å². The molecule has 0 saturated carbocycles. The Hall–Kier alpha value is -6.48. The number of amides is 2. The molecule has 0 unspecified atom stereocenters. The summed E-state index contributed by atoms with van der Waals surface area (Å²) < 4.78 is 103. The molecular weight excluding hydrogens is 741 g/mol. The van der Waals surface area contributed by atoms with E-state index in [-0.39, 0.29) is 35.7 Å². The van der Waals surface area contributed by atoms with Gasteiger partial charge in [-0.25, -0.2) is 13.8 Å². The zero-order chi connectivity index (χ0) is 39.9. The van der Waals surface area contributed by atoms with Crippen LogP contribution in [0.2, 0.25) is 0 Å². The van der Waals surface area contributed by atoms with Gasteiger partial charge in [-0.3, -0.25) is 14.3 Å². The Morgan fingerprint density at radius 1 is 1.00 bits per heavy atom. The fraction of sp³-hybridized carbons (Fsp3) is 0.244. The van der Waals surface area contributed by atoms with Crippen molar-refractivity contribution in [2.75, 3.05) is 0 Å². The Labute approximate surface area is 315 Å². The van der Waals surface area contributed by atoms with Gasteiger partial charge in [0.05, 0.1) is 23.4 Å². The number of halogens is 7. The molecule has 3 heterocycles. The number of nitrogens with one attached hydrogen (secondary N) is 2. The van der Waals surface area contributed by atoms with Crippen molar-refractivity contribution in [1.82, 2.24) is 25.4 Å². The van der Waals surface area contributed by atoms with Gasteiger partial charge in [0.2, 0.25) is 5.91 Å². The maximum atomic E-state index is 15.5. The van der Waals surface area contributed by atoms with E-state index >= 15 is 8.78 Å². The monoisotopic (exact) mass is 770 g/mol. The summed E-state index contributed by atoms with van der Waals surface area (Å²) in [7, 11) is 0. The van der Waals surface area contributed by atoms with Crippen LogP contribution in [-0.4, -0.2) is 26.6 Å². The van der Waals surface area contributed by atoms with Crippen LogP contribution < -0.4 is 10.6 Å².